The third kappa shape index (κ3) is 3.36. The molecular formula is C10H21NS. The van der Waals surface area contributed by atoms with Crippen LogP contribution in [0.5, 0.6) is 0 Å². The van der Waals surface area contributed by atoms with E-state index in [0.29, 0.717) is 0 Å². The molecule has 3 atom stereocenters. The Bertz CT molecular complexity index is 127. The molecule has 0 aromatic carbocycles. The quantitative estimate of drug-likeness (QED) is 0.726. The van der Waals surface area contributed by atoms with Gasteiger partial charge in [-0.25, -0.2) is 0 Å². The van der Waals surface area contributed by atoms with Gasteiger partial charge in [0, 0.05) is 17.8 Å². The summed E-state index contributed by atoms with van der Waals surface area (Å²) in [6.07, 6.45) is 6.39. The molecule has 1 nitrogen and oxygen atoms in total. The minimum atomic E-state index is 0.765. The number of rotatable bonds is 4. The van der Waals surface area contributed by atoms with Crippen LogP contribution in [0.1, 0.15) is 33.1 Å². The van der Waals surface area contributed by atoms with E-state index in [1.165, 1.54) is 25.8 Å². The Morgan fingerprint density at radius 3 is 2.75 bits per heavy atom. The molecule has 1 saturated carbocycles. The minimum Gasteiger partial charge on any atom is -0.313 e. The predicted molar refractivity (Wildman–Crippen MR) is 57.8 cm³/mol. The van der Waals surface area contributed by atoms with Crippen LogP contribution in [-0.2, 0) is 0 Å². The monoisotopic (exact) mass is 187 g/mol. The summed E-state index contributed by atoms with van der Waals surface area (Å²) in [5, 5.41) is 4.41. The number of hydrogen-bond donors (Lipinski definition) is 1. The second kappa shape index (κ2) is 5.13. The van der Waals surface area contributed by atoms with Gasteiger partial charge in [-0.15, -0.1) is 0 Å². The normalized spacial score (nSPS) is 32.2. The van der Waals surface area contributed by atoms with Crippen LogP contribution in [0.2, 0.25) is 0 Å². The number of hydrogen-bond acceptors (Lipinski definition) is 2. The molecule has 0 amide bonds. The van der Waals surface area contributed by atoms with Crippen molar-refractivity contribution in [2.75, 3.05) is 12.8 Å². The largest absolute Gasteiger partial charge is 0.313 e. The van der Waals surface area contributed by atoms with Gasteiger partial charge in [0.2, 0.25) is 0 Å². The van der Waals surface area contributed by atoms with Crippen molar-refractivity contribution >= 4 is 11.8 Å². The molecule has 2 heteroatoms. The molecule has 0 aromatic rings. The van der Waals surface area contributed by atoms with Gasteiger partial charge in [-0.05, 0) is 31.4 Å². The average molecular weight is 187 g/mol. The van der Waals surface area contributed by atoms with Gasteiger partial charge < -0.3 is 5.32 Å². The molecule has 3 unspecified atom stereocenters. The highest BCUT2D eigenvalue weighted by molar-refractivity contribution is 7.99. The van der Waals surface area contributed by atoms with Crippen molar-refractivity contribution in [3.05, 3.63) is 0 Å². The first-order valence-electron chi connectivity index (χ1n) is 4.98. The van der Waals surface area contributed by atoms with Crippen LogP contribution < -0.4 is 5.32 Å². The molecule has 0 bridgehead atoms. The molecule has 1 fully saturated rings. The van der Waals surface area contributed by atoms with Crippen LogP contribution in [0.3, 0.4) is 0 Å². The summed E-state index contributed by atoms with van der Waals surface area (Å²) in [5.74, 6) is 0.951. The Kier molecular flexibility index (Phi) is 4.44. The van der Waals surface area contributed by atoms with Crippen molar-refractivity contribution in [3.8, 4) is 0 Å². The lowest BCUT2D eigenvalue weighted by atomic mass is 10.1. The number of thioether (sulfide) groups is 1. The topological polar surface area (TPSA) is 12.0 Å². The van der Waals surface area contributed by atoms with Crippen molar-refractivity contribution in [3.63, 3.8) is 0 Å². The molecule has 1 aliphatic rings. The van der Waals surface area contributed by atoms with Gasteiger partial charge in [0.1, 0.15) is 0 Å². The molecule has 0 aliphatic heterocycles. The van der Waals surface area contributed by atoms with E-state index < -0.39 is 0 Å². The fraction of sp³-hybridized carbons (Fsp3) is 1.00. The van der Waals surface area contributed by atoms with E-state index in [-0.39, 0.29) is 0 Å². The van der Waals surface area contributed by atoms with Crippen LogP contribution in [0.25, 0.3) is 0 Å². The zero-order valence-corrected chi connectivity index (χ0v) is 9.29. The highest BCUT2D eigenvalue weighted by Gasteiger charge is 2.20. The maximum Gasteiger partial charge on any atom is 0.0141 e. The standard InChI is InChI=1S/C10H21NS/c1-8-4-5-10(6-8)11-7-9(2)12-3/h8-11H,4-7H2,1-3H3. The van der Waals surface area contributed by atoms with Crippen molar-refractivity contribution in [2.24, 2.45) is 5.92 Å². The van der Waals surface area contributed by atoms with Crippen LogP contribution in [-0.4, -0.2) is 24.1 Å². The molecule has 0 radical (unpaired) electrons. The van der Waals surface area contributed by atoms with Gasteiger partial charge in [0.25, 0.3) is 0 Å². The van der Waals surface area contributed by atoms with Crippen molar-refractivity contribution in [1.82, 2.24) is 5.32 Å². The van der Waals surface area contributed by atoms with Crippen molar-refractivity contribution in [1.29, 1.82) is 0 Å². The van der Waals surface area contributed by atoms with Gasteiger partial charge in [-0.1, -0.05) is 13.8 Å². The molecule has 1 aliphatic carbocycles. The van der Waals surface area contributed by atoms with Gasteiger partial charge in [-0.3, -0.25) is 0 Å². The summed E-state index contributed by atoms with van der Waals surface area (Å²) in [4.78, 5) is 0. The third-order valence-corrected chi connectivity index (χ3v) is 3.76. The Morgan fingerprint density at radius 2 is 2.25 bits per heavy atom. The third-order valence-electron chi connectivity index (χ3n) is 2.79. The fourth-order valence-corrected chi connectivity index (χ4v) is 2.07. The van der Waals surface area contributed by atoms with E-state index in [2.05, 4.69) is 25.4 Å². The molecule has 72 valence electrons. The van der Waals surface area contributed by atoms with E-state index in [0.717, 1.165) is 17.2 Å². The van der Waals surface area contributed by atoms with Gasteiger partial charge in [0.05, 0.1) is 0 Å². The van der Waals surface area contributed by atoms with Crippen LogP contribution in [0.15, 0.2) is 0 Å². The molecule has 0 aromatic heterocycles. The highest BCUT2D eigenvalue weighted by atomic mass is 32.2. The minimum absolute atomic E-state index is 0.765. The Balaban J connectivity index is 2.07. The molecule has 1 N–H and O–H groups in total. The summed E-state index contributed by atoms with van der Waals surface area (Å²) in [7, 11) is 0. The van der Waals surface area contributed by atoms with E-state index in [1.807, 2.05) is 11.8 Å². The fourth-order valence-electron chi connectivity index (χ4n) is 1.81. The van der Waals surface area contributed by atoms with Crippen molar-refractivity contribution in [2.45, 2.75) is 44.4 Å². The summed E-state index contributed by atoms with van der Waals surface area (Å²) in [6, 6.07) is 0.814. The molecular weight excluding hydrogens is 166 g/mol. The Hall–Kier alpha value is 0.310. The molecule has 0 spiro atoms. The lowest BCUT2D eigenvalue weighted by Crippen LogP contribution is -2.31. The molecule has 1 rings (SSSR count). The van der Waals surface area contributed by atoms with E-state index >= 15 is 0 Å². The Morgan fingerprint density at radius 1 is 1.50 bits per heavy atom. The van der Waals surface area contributed by atoms with Gasteiger partial charge in [0.15, 0.2) is 0 Å². The SMILES string of the molecule is CSC(C)CNC1CCC(C)C1. The first-order valence-corrected chi connectivity index (χ1v) is 6.27. The number of nitrogens with one attached hydrogen (secondary N) is 1. The lowest BCUT2D eigenvalue weighted by Gasteiger charge is -2.15. The molecule has 0 heterocycles. The first kappa shape index (κ1) is 10.4. The second-order valence-electron chi connectivity index (χ2n) is 4.07. The smallest absolute Gasteiger partial charge is 0.0141 e. The maximum atomic E-state index is 3.64. The maximum absolute atomic E-state index is 3.64. The summed E-state index contributed by atoms with van der Waals surface area (Å²) in [5.41, 5.74) is 0. The zero-order valence-electron chi connectivity index (χ0n) is 8.47. The predicted octanol–water partition coefficient (Wildman–Crippen LogP) is 2.52. The highest BCUT2D eigenvalue weighted by Crippen LogP contribution is 2.24. The summed E-state index contributed by atoms with van der Waals surface area (Å²) >= 11 is 1.95. The second-order valence-corrected chi connectivity index (χ2v) is 5.35. The molecule has 0 saturated heterocycles. The van der Waals surface area contributed by atoms with E-state index in [9.17, 15) is 0 Å². The van der Waals surface area contributed by atoms with Gasteiger partial charge >= 0.3 is 0 Å². The van der Waals surface area contributed by atoms with E-state index in [1.54, 1.807) is 0 Å². The lowest BCUT2D eigenvalue weighted by molar-refractivity contribution is 0.505. The summed E-state index contributed by atoms with van der Waals surface area (Å²) in [6.45, 7) is 5.83. The Labute approximate surface area is 80.7 Å². The van der Waals surface area contributed by atoms with E-state index in [4.69, 9.17) is 0 Å². The zero-order chi connectivity index (χ0) is 8.97. The van der Waals surface area contributed by atoms with Crippen LogP contribution in [0.4, 0.5) is 0 Å². The molecule has 12 heavy (non-hydrogen) atoms. The summed E-state index contributed by atoms with van der Waals surface area (Å²) < 4.78 is 0. The average Bonchev–Trinajstić information content (AvgIpc) is 2.47. The first-order chi connectivity index (χ1) is 5.72. The van der Waals surface area contributed by atoms with Crippen molar-refractivity contribution < 1.29 is 0 Å². The van der Waals surface area contributed by atoms with Gasteiger partial charge in [-0.2, -0.15) is 11.8 Å². The van der Waals surface area contributed by atoms with Crippen LogP contribution >= 0.6 is 11.8 Å². The van der Waals surface area contributed by atoms with Crippen LogP contribution in [0, 0.1) is 5.92 Å².